The molecule has 0 aliphatic heterocycles. The van der Waals surface area contributed by atoms with Crippen molar-refractivity contribution in [3.8, 4) is 0 Å². The quantitative estimate of drug-likeness (QED) is 0.644. The molecule has 1 aliphatic rings. The van der Waals surface area contributed by atoms with E-state index in [0.717, 1.165) is 31.2 Å². The first-order valence-corrected chi connectivity index (χ1v) is 10.3. The van der Waals surface area contributed by atoms with Crippen LogP contribution >= 0.6 is 0 Å². The second-order valence-electron chi connectivity index (χ2n) is 8.81. The summed E-state index contributed by atoms with van der Waals surface area (Å²) < 4.78 is 13.5. The Morgan fingerprint density at radius 1 is 1.07 bits per heavy atom. The molecule has 0 atom stereocenters. The van der Waals surface area contributed by atoms with Crippen molar-refractivity contribution in [2.24, 2.45) is 0 Å². The van der Waals surface area contributed by atoms with Gasteiger partial charge in [0.1, 0.15) is 5.82 Å². The molecule has 0 unspecified atom stereocenters. The molecule has 1 fully saturated rings. The van der Waals surface area contributed by atoms with Crippen LogP contribution in [0.2, 0.25) is 0 Å². The molecular weight excluding hydrogens is 351 g/mol. The van der Waals surface area contributed by atoms with Crippen LogP contribution in [0.15, 0.2) is 48.5 Å². The predicted octanol–water partition coefficient (Wildman–Crippen LogP) is 6.49. The summed E-state index contributed by atoms with van der Waals surface area (Å²) >= 11 is 0. The Morgan fingerprint density at radius 2 is 1.75 bits per heavy atom. The molecule has 2 amide bonds. The summed E-state index contributed by atoms with van der Waals surface area (Å²) in [7, 11) is 0. The number of benzene rings is 2. The Bertz CT molecular complexity index is 789. The molecule has 0 spiro atoms. The van der Waals surface area contributed by atoms with E-state index in [-0.39, 0.29) is 23.3 Å². The first kappa shape index (κ1) is 20.4. The Hall–Kier alpha value is -2.36. The summed E-state index contributed by atoms with van der Waals surface area (Å²) in [6.45, 7) is 7.16. The van der Waals surface area contributed by atoms with Crippen molar-refractivity contribution in [1.29, 1.82) is 0 Å². The smallest absolute Gasteiger partial charge is 0.317 e. The lowest BCUT2D eigenvalue weighted by molar-refractivity contribution is 0.163. The van der Waals surface area contributed by atoms with E-state index < -0.39 is 0 Å². The van der Waals surface area contributed by atoms with Crippen molar-refractivity contribution in [1.82, 2.24) is 4.90 Å². The van der Waals surface area contributed by atoms with Gasteiger partial charge in [0.15, 0.2) is 0 Å². The van der Waals surface area contributed by atoms with Gasteiger partial charge in [0.2, 0.25) is 0 Å². The first-order chi connectivity index (χ1) is 13.3. The van der Waals surface area contributed by atoms with Crippen LogP contribution in [0.25, 0.3) is 0 Å². The Balaban J connectivity index is 1.77. The summed E-state index contributed by atoms with van der Waals surface area (Å²) in [4.78, 5) is 15.0. The maximum atomic E-state index is 13.5. The van der Waals surface area contributed by atoms with Crippen LogP contribution in [0.5, 0.6) is 0 Å². The van der Waals surface area contributed by atoms with Crippen molar-refractivity contribution in [3.63, 3.8) is 0 Å². The normalized spacial score (nSPS) is 15.3. The zero-order valence-corrected chi connectivity index (χ0v) is 17.2. The van der Waals surface area contributed by atoms with Crippen LogP contribution in [0, 0.1) is 5.82 Å². The average Bonchev–Trinajstić information content (AvgIpc) is 2.66. The lowest BCUT2D eigenvalue weighted by Gasteiger charge is -2.34. The van der Waals surface area contributed by atoms with Gasteiger partial charge in [-0.15, -0.1) is 0 Å². The number of rotatable bonds is 4. The SMILES string of the molecule is CC(C)(C)c1ccc(CN(C(=O)Nc2cccc(F)c2)C2CCCCC2)cc1. The molecule has 1 N–H and O–H groups in total. The highest BCUT2D eigenvalue weighted by Crippen LogP contribution is 2.27. The number of amides is 2. The van der Waals surface area contributed by atoms with Gasteiger partial charge in [-0.05, 0) is 47.6 Å². The highest BCUT2D eigenvalue weighted by molar-refractivity contribution is 5.89. The van der Waals surface area contributed by atoms with Gasteiger partial charge in [-0.25, -0.2) is 9.18 Å². The Labute approximate surface area is 167 Å². The van der Waals surface area contributed by atoms with E-state index in [9.17, 15) is 9.18 Å². The van der Waals surface area contributed by atoms with E-state index in [1.807, 2.05) is 4.90 Å². The third kappa shape index (κ3) is 5.34. The molecule has 150 valence electrons. The highest BCUT2D eigenvalue weighted by atomic mass is 19.1. The summed E-state index contributed by atoms with van der Waals surface area (Å²) in [6.07, 6.45) is 5.58. The van der Waals surface area contributed by atoms with E-state index in [4.69, 9.17) is 0 Å². The van der Waals surface area contributed by atoms with Gasteiger partial charge in [0.25, 0.3) is 0 Å². The Morgan fingerprint density at radius 3 is 2.36 bits per heavy atom. The van der Waals surface area contributed by atoms with Crippen molar-refractivity contribution in [3.05, 3.63) is 65.5 Å². The van der Waals surface area contributed by atoms with Crippen LogP contribution < -0.4 is 5.32 Å². The maximum absolute atomic E-state index is 13.5. The van der Waals surface area contributed by atoms with Crippen molar-refractivity contribution >= 4 is 11.7 Å². The zero-order chi connectivity index (χ0) is 20.1. The molecule has 0 radical (unpaired) electrons. The second kappa shape index (κ2) is 8.76. The molecule has 0 heterocycles. The van der Waals surface area contributed by atoms with Gasteiger partial charge < -0.3 is 10.2 Å². The molecule has 28 heavy (non-hydrogen) atoms. The van der Waals surface area contributed by atoms with Gasteiger partial charge in [0.05, 0.1) is 0 Å². The lowest BCUT2D eigenvalue weighted by atomic mass is 9.86. The molecule has 3 nitrogen and oxygen atoms in total. The van der Waals surface area contributed by atoms with Gasteiger partial charge in [-0.2, -0.15) is 0 Å². The van der Waals surface area contributed by atoms with Crippen LogP contribution in [-0.2, 0) is 12.0 Å². The van der Waals surface area contributed by atoms with Crippen molar-refractivity contribution in [2.75, 3.05) is 5.32 Å². The van der Waals surface area contributed by atoms with E-state index in [1.54, 1.807) is 12.1 Å². The number of anilines is 1. The van der Waals surface area contributed by atoms with Crippen LogP contribution in [0.1, 0.15) is 64.0 Å². The molecule has 1 aliphatic carbocycles. The number of carbonyl (C=O) groups is 1. The van der Waals surface area contributed by atoms with E-state index in [1.165, 1.54) is 24.1 Å². The van der Waals surface area contributed by atoms with Crippen molar-refractivity contribution < 1.29 is 9.18 Å². The van der Waals surface area contributed by atoms with E-state index in [2.05, 4.69) is 50.4 Å². The van der Waals surface area contributed by atoms with Gasteiger partial charge in [0, 0.05) is 18.3 Å². The van der Waals surface area contributed by atoms with Crippen LogP contribution in [-0.4, -0.2) is 17.0 Å². The standard InChI is InChI=1S/C24H31FN2O/c1-24(2,3)19-14-12-18(13-15-19)17-27(22-10-5-4-6-11-22)23(28)26-21-9-7-8-20(25)16-21/h7-9,12-16,22H,4-6,10-11,17H2,1-3H3,(H,26,28). The fourth-order valence-electron chi connectivity index (χ4n) is 3.83. The molecular formula is C24H31FN2O. The molecule has 0 bridgehead atoms. The maximum Gasteiger partial charge on any atom is 0.322 e. The lowest BCUT2D eigenvalue weighted by Crippen LogP contribution is -2.43. The number of halogens is 1. The molecule has 2 aromatic carbocycles. The minimum absolute atomic E-state index is 0.107. The largest absolute Gasteiger partial charge is 0.322 e. The van der Waals surface area contributed by atoms with Crippen LogP contribution in [0.4, 0.5) is 14.9 Å². The number of hydrogen-bond donors (Lipinski definition) is 1. The fourth-order valence-corrected chi connectivity index (χ4v) is 3.83. The number of nitrogens with one attached hydrogen (secondary N) is 1. The summed E-state index contributed by atoms with van der Waals surface area (Å²) in [6, 6.07) is 14.7. The second-order valence-corrected chi connectivity index (χ2v) is 8.81. The summed E-state index contributed by atoms with van der Waals surface area (Å²) in [5.74, 6) is -0.347. The molecule has 4 heteroatoms. The minimum Gasteiger partial charge on any atom is -0.317 e. The fraction of sp³-hybridized carbons (Fsp3) is 0.458. The average molecular weight is 383 g/mol. The molecule has 0 saturated heterocycles. The zero-order valence-electron chi connectivity index (χ0n) is 17.2. The molecule has 3 rings (SSSR count). The topological polar surface area (TPSA) is 32.3 Å². The van der Waals surface area contributed by atoms with Crippen LogP contribution in [0.3, 0.4) is 0 Å². The monoisotopic (exact) mass is 382 g/mol. The number of nitrogens with zero attached hydrogens (tertiary/aromatic N) is 1. The van der Waals surface area contributed by atoms with E-state index >= 15 is 0 Å². The first-order valence-electron chi connectivity index (χ1n) is 10.3. The molecule has 1 saturated carbocycles. The number of urea groups is 1. The van der Waals surface area contributed by atoms with E-state index in [0.29, 0.717) is 12.2 Å². The summed E-state index contributed by atoms with van der Waals surface area (Å²) in [5, 5.41) is 2.88. The highest BCUT2D eigenvalue weighted by Gasteiger charge is 2.26. The Kier molecular flexibility index (Phi) is 6.38. The van der Waals surface area contributed by atoms with Gasteiger partial charge in [-0.3, -0.25) is 0 Å². The van der Waals surface area contributed by atoms with Crippen molar-refractivity contribution in [2.45, 2.75) is 70.9 Å². The van der Waals surface area contributed by atoms with Gasteiger partial charge in [-0.1, -0.05) is 70.4 Å². The third-order valence-electron chi connectivity index (χ3n) is 5.53. The minimum atomic E-state index is -0.347. The summed E-state index contributed by atoms with van der Waals surface area (Å²) in [5.41, 5.74) is 3.00. The molecule has 2 aromatic rings. The van der Waals surface area contributed by atoms with Gasteiger partial charge >= 0.3 is 6.03 Å². The molecule has 0 aromatic heterocycles. The number of carbonyl (C=O) groups excluding carboxylic acids is 1. The number of hydrogen-bond acceptors (Lipinski definition) is 1. The third-order valence-corrected chi connectivity index (χ3v) is 5.53. The predicted molar refractivity (Wildman–Crippen MR) is 113 cm³/mol.